The van der Waals surface area contributed by atoms with Crippen molar-refractivity contribution in [3.63, 3.8) is 0 Å². The van der Waals surface area contributed by atoms with Crippen LogP contribution in [-0.2, 0) is 0 Å². The lowest BCUT2D eigenvalue weighted by molar-refractivity contribution is 0.458. The second-order valence-electron chi connectivity index (χ2n) is 3.63. The first-order valence-electron chi connectivity index (χ1n) is 5.06. The van der Waals surface area contributed by atoms with Gasteiger partial charge in [0, 0.05) is 5.56 Å². The lowest BCUT2D eigenvalue weighted by Crippen LogP contribution is -1.79. The SMILES string of the molecule is Clc1ccccc1-c1noc2c(Br)cccc12. The minimum Gasteiger partial charge on any atom is -0.354 e. The van der Waals surface area contributed by atoms with Crippen molar-refractivity contribution in [2.24, 2.45) is 0 Å². The molecule has 0 radical (unpaired) electrons. The predicted octanol–water partition coefficient (Wildman–Crippen LogP) is 4.91. The molecule has 0 fully saturated rings. The maximum absolute atomic E-state index is 6.16. The highest BCUT2D eigenvalue weighted by molar-refractivity contribution is 9.10. The van der Waals surface area contributed by atoms with E-state index in [0.717, 1.165) is 26.7 Å². The van der Waals surface area contributed by atoms with E-state index in [9.17, 15) is 0 Å². The Kier molecular flexibility index (Phi) is 2.65. The lowest BCUT2D eigenvalue weighted by atomic mass is 10.1. The van der Waals surface area contributed by atoms with Gasteiger partial charge in [0.15, 0.2) is 5.58 Å². The topological polar surface area (TPSA) is 26.0 Å². The van der Waals surface area contributed by atoms with Crippen molar-refractivity contribution in [3.8, 4) is 11.3 Å². The fourth-order valence-electron chi connectivity index (χ4n) is 1.78. The van der Waals surface area contributed by atoms with Crippen molar-refractivity contribution >= 4 is 38.5 Å². The number of para-hydroxylation sites is 1. The summed E-state index contributed by atoms with van der Waals surface area (Å²) < 4.78 is 6.22. The van der Waals surface area contributed by atoms with E-state index in [1.165, 1.54) is 0 Å². The number of aromatic nitrogens is 1. The number of hydrogen-bond donors (Lipinski definition) is 0. The van der Waals surface area contributed by atoms with E-state index >= 15 is 0 Å². The molecule has 0 amide bonds. The Morgan fingerprint density at radius 3 is 2.71 bits per heavy atom. The average molecular weight is 309 g/mol. The molecule has 4 heteroatoms. The first kappa shape index (κ1) is 10.8. The molecule has 0 spiro atoms. The fourth-order valence-corrected chi connectivity index (χ4v) is 2.44. The molecule has 3 aromatic rings. The maximum atomic E-state index is 6.16. The molecule has 1 aromatic heterocycles. The molecule has 0 N–H and O–H groups in total. The Balaban J connectivity index is 2.33. The molecule has 3 rings (SSSR count). The van der Waals surface area contributed by atoms with Crippen LogP contribution in [0.15, 0.2) is 51.5 Å². The highest BCUT2D eigenvalue weighted by atomic mass is 79.9. The Hall–Kier alpha value is -1.32. The van der Waals surface area contributed by atoms with E-state index < -0.39 is 0 Å². The molecule has 0 unspecified atom stereocenters. The Morgan fingerprint density at radius 2 is 1.88 bits per heavy atom. The summed E-state index contributed by atoms with van der Waals surface area (Å²) in [5, 5.41) is 5.72. The molecule has 1 heterocycles. The van der Waals surface area contributed by atoms with E-state index in [1.807, 2.05) is 42.5 Å². The van der Waals surface area contributed by atoms with Crippen LogP contribution in [0.5, 0.6) is 0 Å². The smallest absolute Gasteiger partial charge is 0.181 e. The van der Waals surface area contributed by atoms with Gasteiger partial charge in [-0.15, -0.1) is 0 Å². The van der Waals surface area contributed by atoms with E-state index in [4.69, 9.17) is 16.1 Å². The van der Waals surface area contributed by atoms with E-state index in [0.29, 0.717) is 5.02 Å². The molecule has 17 heavy (non-hydrogen) atoms. The first-order valence-corrected chi connectivity index (χ1v) is 6.23. The van der Waals surface area contributed by atoms with Crippen LogP contribution in [0.2, 0.25) is 5.02 Å². The predicted molar refractivity (Wildman–Crippen MR) is 72.2 cm³/mol. The molecule has 0 atom stereocenters. The molecule has 2 aromatic carbocycles. The van der Waals surface area contributed by atoms with Gasteiger partial charge in [-0.05, 0) is 34.1 Å². The van der Waals surface area contributed by atoms with Crippen molar-refractivity contribution in [1.29, 1.82) is 0 Å². The van der Waals surface area contributed by atoms with Gasteiger partial charge in [0.25, 0.3) is 0 Å². The van der Waals surface area contributed by atoms with Crippen LogP contribution in [0.1, 0.15) is 0 Å². The Morgan fingerprint density at radius 1 is 1.06 bits per heavy atom. The van der Waals surface area contributed by atoms with Gasteiger partial charge in [-0.3, -0.25) is 0 Å². The Bertz CT molecular complexity index is 693. The van der Waals surface area contributed by atoms with Crippen molar-refractivity contribution in [3.05, 3.63) is 52.0 Å². The van der Waals surface area contributed by atoms with Gasteiger partial charge >= 0.3 is 0 Å². The summed E-state index contributed by atoms with van der Waals surface area (Å²) in [4.78, 5) is 0. The zero-order chi connectivity index (χ0) is 11.8. The largest absolute Gasteiger partial charge is 0.354 e. The third-order valence-corrected chi connectivity index (χ3v) is 3.53. The first-order chi connectivity index (χ1) is 8.27. The normalized spacial score (nSPS) is 10.9. The molecule has 0 aliphatic heterocycles. The minimum atomic E-state index is 0.669. The van der Waals surface area contributed by atoms with E-state index in [2.05, 4.69) is 21.1 Å². The van der Waals surface area contributed by atoms with Crippen LogP contribution in [0, 0.1) is 0 Å². The summed E-state index contributed by atoms with van der Waals surface area (Å²) in [6.45, 7) is 0. The van der Waals surface area contributed by atoms with Crippen molar-refractivity contribution < 1.29 is 4.52 Å². The van der Waals surface area contributed by atoms with Crippen LogP contribution in [0.3, 0.4) is 0 Å². The molecule has 0 aliphatic carbocycles. The monoisotopic (exact) mass is 307 g/mol. The third-order valence-electron chi connectivity index (χ3n) is 2.58. The standard InChI is InChI=1S/C13H7BrClNO/c14-10-6-3-5-9-12(16-17-13(9)10)8-4-1-2-7-11(8)15/h1-7H. The quantitative estimate of drug-likeness (QED) is 0.638. The summed E-state index contributed by atoms with van der Waals surface area (Å²) in [5.74, 6) is 0. The van der Waals surface area contributed by atoms with Gasteiger partial charge in [0.2, 0.25) is 0 Å². The second kappa shape index (κ2) is 4.17. The van der Waals surface area contributed by atoms with Gasteiger partial charge < -0.3 is 4.52 Å². The van der Waals surface area contributed by atoms with Gasteiger partial charge in [-0.2, -0.15) is 0 Å². The van der Waals surface area contributed by atoms with Crippen molar-refractivity contribution in [2.75, 3.05) is 0 Å². The molecule has 0 bridgehead atoms. The van der Waals surface area contributed by atoms with Gasteiger partial charge in [0.1, 0.15) is 5.69 Å². The molecule has 0 aliphatic rings. The number of halogens is 2. The fraction of sp³-hybridized carbons (Fsp3) is 0. The Labute approximate surface area is 111 Å². The number of rotatable bonds is 1. The van der Waals surface area contributed by atoms with Crippen LogP contribution in [0.4, 0.5) is 0 Å². The number of hydrogen-bond acceptors (Lipinski definition) is 2. The van der Waals surface area contributed by atoms with Gasteiger partial charge in [-0.1, -0.05) is 41.0 Å². The second-order valence-corrected chi connectivity index (χ2v) is 4.89. The number of benzene rings is 2. The number of nitrogens with zero attached hydrogens (tertiary/aromatic N) is 1. The van der Waals surface area contributed by atoms with E-state index in [-0.39, 0.29) is 0 Å². The maximum Gasteiger partial charge on any atom is 0.181 e. The van der Waals surface area contributed by atoms with Crippen molar-refractivity contribution in [1.82, 2.24) is 5.16 Å². The van der Waals surface area contributed by atoms with Gasteiger partial charge in [-0.25, -0.2) is 0 Å². The van der Waals surface area contributed by atoms with Crippen LogP contribution in [-0.4, -0.2) is 5.16 Å². The van der Waals surface area contributed by atoms with Crippen LogP contribution < -0.4 is 0 Å². The third kappa shape index (κ3) is 1.75. The molecule has 2 nitrogen and oxygen atoms in total. The summed E-state index contributed by atoms with van der Waals surface area (Å²) >= 11 is 9.60. The van der Waals surface area contributed by atoms with Crippen LogP contribution >= 0.6 is 27.5 Å². The van der Waals surface area contributed by atoms with Crippen molar-refractivity contribution in [2.45, 2.75) is 0 Å². The zero-order valence-corrected chi connectivity index (χ0v) is 11.0. The van der Waals surface area contributed by atoms with Gasteiger partial charge in [0.05, 0.1) is 14.9 Å². The average Bonchev–Trinajstić information content (AvgIpc) is 2.75. The summed E-state index contributed by atoms with van der Waals surface area (Å²) in [5.41, 5.74) is 2.39. The highest BCUT2D eigenvalue weighted by Gasteiger charge is 2.14. The summed E-state index contributed by atoms with van der Waals surface area (Å²) in [6, 6.07) is 13.4. The highest BCUT2D eigenvalue weighted by Crippen LogP contribution is 2.35. The number of fused-ring (bicyclic) bond motifs is 1. The molecule has 84 valence electrons. The molecule has 0 saturated carbocycles. The lowest BCUT2D eigenvalue weighted by Gasteiger charge is -1.99. The zero-order valence-electron chi connectivity index (χ0n) is 8.65. The molecule has 0 saturated heterocycles. The van der Waals surface area contributed by atoms with Crippen LogP contribution in [0.25, 0.3) is 22.2 Å². The molecular formula is C13H7BrClNO. The summed E-state index contributed by atoms with van der Waals surface area (Å²) in [6.07, 6.45) is 0. The summed E-state index contributed by atoms with van der Waals surface area (Å²) in [7, 11) is 0. The molecular weight excluding hydrogens is 302 g/mol. The van der Waals surface area contributed by atoms with E-state index in [1.54, 1.807) is 0 Å². The minimum absolute atomic E-state index is 0.669.